The lowest BCUT2D eigenvalue weighted by Gasteiger charge is -2.09. The van der Waals surface area contributed by atoms with Crippen molar-refractivity contribution in [2.45, 2.75) is 26.2 Å². The van der Waals surface area contributed by atoms with Crippen molar-refractivity contribution in [2.24, 2.45) is 5.73 Å². The van der Waals surface area contributed by atoms with Gasteiger partial charge in [0.2, 0.25) is 5.91 Å². The molecular formula is C13H18N2O2. The second-order valence-corrected chi connectivity index (χ2v) is 3.93. The van der Waals surface area contributed by atoms with Gasteiger partial charge in [0.05, 0.1) is 0 Å². The van der Waals surface area contributed by atoms with Gasteiger partial charge >= 0.3 is 0 Å². The predicted molar refractivity (Wildman–Crippen MR) is 68.1 cm³/mol. The zero-order chi connectivity index (χ0) is 12.7. The third-order valence-corrected chi connectivity index (χ3v) is 2.63. The number of carbonyl (C=O) groups excluding carboxylic acids is 2. The van der Waals surface area contributed by atoms with Crippen LogP contribution in [0, 0.1) is 6.92 Å². The summed E-state index contributed by atoms with van der Waals surface area (Å²) in [7, 11) is 0. The Morgan fingerprint density at radius 2 is 2.18 bits per heavy atom. The Bertz CT molecular complexity index is 402. The summed E-state index contributed by atoms with van der Waals surface area (Å²) in [4.78, 5) is 22.3. The van der Waals surface area contributed by atoms with Crippen LogP contribution in [0.1, 0.15) is 35.2 Å². The smallest absolute Gasteiger partial charge is 0.224 e. The summed E-state index contributed by atoms with van der Waals surface area (Å²) in [6, 6.07) is 5.28. The molecule has 1 amide bonds. The van der Waals surface area contributed by atoms with Gasteiger partial charge in [-0.2, -0.15) is 0 Å². The van der Waals surface area contributed by atoms with E-state index < -0.39 is 0 Å². The van der Waals surface area contributed by atoms with Crippen molar-refractivity contribution < 1.29 is 9.59 Å². The van der Waals surface area contributed by atoms with Crippen LogP contribution in [-0.4, -0.2) is 18.7 Å². The largest absolute Gasteiger partial charge is 0.330 e. The SMILES string of the molecule is Cc1c(C=O)cccc1NC(=O)CCCCN. The number of unbranched alkanes of at least 4 members (excludes halogenated alkanes) is 1. The average Bonchev–Trinajstić information content (AvgIpc) is 2.32. The normalized spacial score (nSPS) is 10.0. The lowest BCUT2D eigenvalue weighted by molar-refractivity contribution is -0.116. The molecule has 4 heteroatoms. The molecule has 0 aliphatic carbocycles. The molecule has 0 aliphatic rings. The van der Waals surface area contributed by atoms with Crippen LogP contribution in [0.15, 0.2) is 18.2 Å². The average molecular weight is 234 g/mol. The highest BCUT2D eigenvalue weighted by molar-refractivity contribution is 5.93. The van der Waals surface area contributed by atoms with Crippen molar-refractivity contribution in [1.29, 1.82) is 0 Å². The molecule has 0 unspecified atom stereocenters. The fraction of sp³-hybridized carbons (Fsp3) is 0.385. The molecule has 1 aromatic carbocycles. The van der Waals surface area contributed by atoms with Gasteiger partial charge in [-0.05, 0) is 37.9 Å². The number of hydrogen-bond acceptors (Lipinski definition) is 3. The number of hydrogen-bond donors (Lipinski definition) is 2. The maximum absolute atomic E-state index is 11.6. The summed E-state index contributed by atoms with van der Waals surface area (Å²) in [5, 5.41) is 2.81. The van der Waals surface area contributed by atoms with Gasteiger partial charge in [-0.15, -0.1) is 0 Å². The molecule has 4 nitrogen and oxygen atoms in total. The van der Waals surface area contributed by atoms with E-state index in [4.69, 9.17) is 5.73 Å². The lowest BCUT2D eigenvalue weighted by atomic mass is 10.1. The summed E-state index contributed by atoms with van der Waals surface area (Å²) in [6.45, 7) is 2.42. The van der Waals surface area contributed by atoms with Gasteiger partial charge in [-0.25, -0.2) is 0 Å². The molecule has 0 aromatic heterocycles. The number of anilines is 1. The minimum absolute atomic E-state index is 0.0374. The van der Waals surface area contributed by atoms with Gasteiger partial charge in [-0.3, -0.25) is 9.59 Å². The van der Waals surface area contributed by atoms with Crippen LogP contribution in [0.5, 0.6) is 0 Å². The Morgan fingerprint density at radius 3 is 2.82 bits per heavy atom. The van der Waals surface area contributed by atoms with Crippen LogP contribution < -0.4 is 11.1 Å². The molecule has 1 rings (SSSR count). The minimum atomic E-state index is -0.0374. The molecule has 0 aliphatic heterocycles. The quantitative estimate of drug-likeness (QED) is 0.583. The highest BCUT2D eigenvalue weighted by Crippen LogP contribution is 2.17. The first-order valence-electron chi connectivity index (χ1n) is 5.73. The monoisotopic (exact) mass is 234 g/mol. The summed E-state index contributed by atoms with van der Waals surface area (Å²) in [5.41, 5.74) is 7.46. The first kappa shape index (κ1) is 13.4. The van der Waals surface area contributed by atoms with Gasteiger partial charge in [0.1, 0.15) is 6.29 Å². The Kier molecular flexibility index (Phi) is 5.36. The van der Waals surface area contributed by atoms with Crippen LogP contribution in [0.25, 0.3) is 0 Å². The van der Waals surface area contributed by atoms with E-state index in [-0.39, 0.29) is 5.91 Å². The number of amides is 1. The van der Waals surface area contributed by atoms with Crippen molar-refractivity contribution in [2.75, 3.05) is 11.9 Å². The molecule has 0 atom stereocenters. The van der Waals surface area contributed by atoms with Gasteiger partial charge < -0.3 is 11.1 Å². The van der Waals surface area contributed by atoms with Gasteiger partial charge in [0.15, 0.2) is 0 Å². The Balaban J connectivity index is 2.62. The number of carbonyl (C=O) groups is 2. The maximum Gasteiger partial charge on any atom is 0.224 e. The van der Waals surface area contributed by atoms with E-state index in [0.717, 1.165) is 24.7 Å². The van der Waals surface area contributed by atoms with Crippen molar-refractivity contribution in [1.82, 2.24) is 0 Å². The van der Waals surface area contributed by atoms with E-state index >= 15 is 0 Å². The zero-order valence-electron chi connectivity index (χ0n) is 10.0. The fourth-order valence-corrected chi connectivity index (χ4v) is 1.56. The molecule has 0 fully saturated rings. The lowest BCUT2D eigenvalue weighted by Crippen LogP contribution is -2.13. The van der Waals surface area contributed by atoms with E-state index in [9.17, 15) is 9.59 Å². The molecule has 0 bridgehead atoms. The Morgan fingerprint density at radius 1 is 1.41 bits per heavy atom. The number of rotatable bonds is 6. The second-order valence-electron chi connectivity index (χ2n) is 3.93. The molecule has 0 heterocycles. The number of nitrogens with two attached hydrogens (primary N) is 1. The first-order chi connectivity index (χ1) is 8.19. The summed E-state index contributed by atoms with van der Waals surface area (Å²) in [5.74, 6) is -0.0374. The third kappa shape index (κ3) is 4.00. The molecule has 0 saturated carbocycles. The molecule has 3 N–H and O–H groups in total. The number of aldehydes is 1. The van der Waals surface area contributed by atoms with E-state index in [1.165, 1.54) is 0 Å². The van der Waals surface area contributed by atoms with Crippen molar-refractivity contribution >= 4 is 17.9 Å². The van der Waals surface area contributed by atoms with Crippen LogP contribution in [0.4, 0.5) is 5.69 Å². The molecule has 0 spiro atoms. The Labute approximate surface area is 101 Å². The van der Waals surface area contributed by atoms with E-state index in [0.29, 0.717) is 24.2 Å². The topological polar surface area (TPSA) is 72.2 Å². The van der Waals surface area contributed by atoms with Crippen LogP contribution in [0.3, 0.4) is 0 Å². The van der Waals surface area contributed by atoms with Crippen LogP contribution in [-0.2, 0) is 4.79 Å². The molecule has 17 heavy (non-hydrogen) atoms. The highest BCUT2D eigenvalue weighted by atomic mass is 16.1. The standard InChI is InChI=1S/C13H18N2O2/c1-10-11(9-16)5-4-6-12(10)15-13(17)7-2-3-8-14/h4-6,9H,2-3,7-8,14H2,1H3,(H,15,17). The van der Waals surface area contributed by atoms with Crippen molar-refractivity contribution in [3.63, 3.8) is 0 Å². The van der Waals surface area contributed by atoms with E-state index in [2.05, 4.69) is 5.32 Å². The van der Waals surface area contributed by atoms with Crippen molar-refractivity contribution in [3.8, 4) is 0 Å². The van der Waals surface area contributed by atoms with E-state index in [1.807, 2.05) is 6.92 Å². The zero-order valence-corrected chi connectivity index (χ0v) is 10.0. The predicted octanol–water partition coefficient (Wildman–Crippen LogP) is 1.88. The van der Waals surface area contributed by atoms with Crippen molar-refractivity contribution in [3.05, 3.63) is 29.3 Å². The van der Waals surface area contributed by atoms with E-state index in [1.54, 1.807) is 18.2 Å². The minimum Gasteiger partial charge on any atom is -0.330 e. The molecule has 1 aromatic rings. The highest BCUT2D eigenvalue weighted by Gasteiger charge is 2.06. The number of nitrogens with one attached hydrogen (secondary N) is 1. The first-order valence-corrected chi connectivity index (χ1v) is 5.73. The van der Waals surface area contributed by atoms with Crippen LogP contribution >= 0.6 is 0 Å². The fourth-order valence-electron chi connectivity index (χ4n) is 1.56. The van der Waals surface area contributed by atoms with Crippen LogP contribution in [0.2, 0.25) is 0 Å². The van der Waals surface area contributed by atoms with Gasteiger partial charge in [0.25, 0.3) is 0 Å². The number of benzene rings is 1. The summed E-state index contributed by atoms with van der Waals surface area (Å²) < 4.78 is 0. The molecular weight excluding hydrogens is 216 g/mol. The molecule has 92 valence electrons. The van der Waals surface area contributed by atoms with Gasteiger partial charge in [0, 0.05) is 17.7 Å². The second kappa shape index (κ2) is 6.81. The summed E-state index contributed by atoms with van der Waals surface area (Å²) >= 11 is 0. The van der Waals surface area contributed by atoms with Gasteiger partial charge in [-0.1, -0.05) is 12.1 Å². The molecule has 0 saturated heterocycles. The third-order valence-electron chi connectivity index (χ3n) is 2.63. The Hall–Kier alpha value is -1.68. The maximum atomic E-state index is 11.6. The molecule has 0 radical (unpaired) electrons. The summed E-state index contributed by atoms with van der Waals surface area (Å²) in [6.07, 6.45) is 2.89.